The van der Waals surface area contributed by atoms with E-state index in [2.05, 4.69) is 17.1 Å². The monoisotopic (exact) mass is 280 g/mol. The lowest BCUT2D eigenvalue weighted by Crippen LogP contribution is -2.36. The topological polar surface area (TPSA) is 68.4 Å². The second kappa shape index (κ2) is 5.45. The molecule has 3 rings (SSSR count). The molecule has 1 N–H and O–H groups in total. The molecule has 20 heavy (non-hydrogen) atoms. The van der Waals surface area contributed by atoms with Crippen LogP contribution >= 0.6 is 0 Å². The van der Waals surface area contributed by atoms with Gasteiger partial charge in [-0.1, -0.05) is 18.5 Å². The molecule has 2 saturated carbocycles. The van der Waals surface area contributed by atoms with Crippen LogP contribution in [0.3, 0.4) is 0 Å². The predicted molar refractivity (Wildman–Crippen MR) is 73.2 cm³/mol. The maximum atomic E-state index is 9.39. The van der Waals surface area contributed by atoms with Crippen molar-refractivity contribution >= 4 is 0 Å². The number of aliphatic hydroxyl groups is 1. The van der Waals surface area contributed by atoms with Crippen LogP contribution in [-0.4, -0.2) is 28.0 Å². The Labute approximate surface area is 119 Å². The van der Waals surface area contributed by atoms with Crippen molar-refractivity contribution in [3.63, 3.8) is 0 Å². The average molecular weight is 280 g/mol. The summed E-state index contributed by atoms with van der Waals surface area (Å²) in [7, 11) is 0. The summed E-state index contributed by atoms with van der Waals surface area (Å²) in [4.78, 5) is 4.60. The normalized spacial score (nSPS) is 37.6. The molecule has 0 bridgehead atoms. The van der Waals surface area contributed by atoms with E-state index in [1.165, 1.54) is 6.42 Å². The van der Waals surface area contributed by atoms with Crippen LogP contribution in [0.25, 0.3) is 0 Å². The third-order valence-electron chi connectivity index (χ3n) is 4.69. The highest BCUT2D eigenvalue weighted by molar-refractivity contribution is 5.08. The molecular formula is C15H24N2O3. The van der Waals surface area contributed by atoms with Crippen molar-refractivity contribution in [1.29, 1.82) is 0 Å². The van der Waals surface area contributed by atoms with E-state index in [-0.39, 0.29) is 17.6 Å². The van der Waals surface area contributed by atoms with Crippen LogP contribution < -0.4 is 0 Å². The number of hydrogen-bond acceptors (Lipinski definition) is 5. The maximum absolute atomic E-state index is 9.39. The fourth-order valence-corrected chi connectivity index (χ4v) is 3.55. The van der Waals surface area contributed by atoms with Crippen LogP contribution in [-0.2, 0) is 10.3 Å². The zero-order valence-corrected chi connectivity index (χ0v) is 12.3. The smallest absolute Gasteiger partial charge is 0.230 e. The molecule has 0 amide bonds. The Morgan fingerprint density at radius 2 is 2.25 bits per heavy atom. The van der Waals surface area contributed by atoms with Gasteiger partial charge in [0.25, 0.3) is 0 Å². The van der Waals surface area contributed by atoms with Gasteiger partial charge in [-0.3, -0.25) is 0 Å². The summed E-state index contributed by atoms with van der Waals surface area (Å²) in [6.45, 7) is 4.94. The minimum absolute atomic E-state index is 0.203. The van der Waals surface area contributed by atoms with Crippen molar-refractivity contribution in [3.8, 4) is 0 Å². The molecule has 1 heterocycles. The van der Waals surface area contributed by atoms with Crippen molar-refractivity contribution in [2.24, 2.45) is 5.92 Å². The van der Waals surface area contributed by atoms with E-state index >= 15 is 0 Å². The third-order valence-corrected chi connectivity index (χ3v) is 4.69. The van der Waals surface area contributed by atoms with Crippen LogP contribution in [0.15, 0.2) is 4.52 Å². The van der Waals surface area contributed by atoms with Gasteiger partial charge in [0.2, 0.25) is 11.7 Å². The highest BCUT2D eigenvalue weighted by atomic mass is 16.5. The van der Waals surface area contributed by atoms with Crippen LogP contribution in [0.2, 0.25) is 0 Å². The minimum atomic E-state index is -0.365. The van der Waals surface area contributed by atoms with Gasteiger partial charge in [-0.05, 0) is 44.9 Å². The summed E-state index contributed by atoms with van der Waals surface area (Å²) in [5.74, 6) is 2.23. The van der Waals surface area contributed by atoms with E-state index in [0.29, 0.717) is 24.2 Å². The van der Waals surface area contributed by atoms with Gasteiger partial charge in [0.05, 0.1) is 6.10 Å². The van der Waals surface area contributed by atoms with Crippen molar-refractivity contribution in [2.75, 3.05) is 6.61 Å². The SMILES string of the molecule is CCOC1(c2noc(C3CC(O)C3)n2)CCCC(C)C1. The molecule has 2 aliphatic rings. The Morgan fingerprint density at radius 3 is 2.90 bits per heavy atom. The van der Waals surface area contributed by atoms with Crippen LogP contribution in [0.4, 0.5) is 0 Å². The second-order valence-electron chi connectivity index (χ2n) is 6.41. The summed E-state index contributed by atoms with van der Waals surface area (Å²) in [5, 5.41) is 13.6. The largest absolute Gasteiger partial charge is 0.393 e. The molecule has 5 nitrogen and oxygen atoms in total. The second-order valence-corrected chi connectivity index (χ2v) is 6.41. The molecule has 112 valence electrons. The van der Waals surface area contributed by atoms with Crippen LogP contribution in [0, 0.1) is 5.92 Å². The Balaban J connectivity index is 1.80. The van der Waals surface area contributed by atoms with E-state index in [1.807, 2.05) is 6.92 Å². The highest BCUT2D eigenvalue weighted by Crippen LogP contribution is 2.43. The van der Waals surface area contributed by atoms with Gasteiger partial charge in [-0.15, -0.1) is 0 Å². The molecule has 2 fully saturated rings. The number of aromatic nitrogens is 2. The molecule has 1 aromatic rings. The van der Waals surface area contributed by atoms with E-state index < -0.39 is 0 Å². The Morgan fingerprint density at radius 1 is 1.45 bits per heavy atom. The van der Waals surface area contributed by atoms with Crippen molar-refractivity contribution < 1.29 is 14.4 Å². The van der Waals surface area contributed by atoms with Crippen molar-refractivity contribution in [1.82, 2.24) is 10.1 Å². The Kier molecular flexibility index (Phi) is 3.82. The zero-order valence-electron chi connectivity index (χ0n) is 12.3. The van der Waals surface area contributed by atoms with Gasteiger partial charge < -0.3 is 14.4 Å². The summed E-state index contributed by atoms with van der Waals surface area (Å²) >= 11 is 0. The van der Waals surface area contributed by atoms with Gasteiger partial charge in [0.15, 0.2) is 0 Å². The van der Waals surface area contributed by atoms with E-state index in [1.54, 1.807) is 0 Å². The lowest BCUT2D eigenvalue weighted by molar-refractivity contribution is -0.0891. The van der Waals surface area contributed by atoms with Gasteiger partial charge in [0, 0.05) is 12.5 Å². The standard InChI is InChI=1S/C15H24N2O3/c1-3-19-15(6-4-5-10(2)9-15)14-16-13(20-17-14)11-7-12(18)8-11/h10-12,18H,3-9H2,1-2H3. The number of hydrogen-bond donors (Lipinski definition) is 1. The van der Waals surface area contributed by atoms with E-state index in [9.17, 15) is 5.11 Å². The van der Waals surface area contributed by atoms with E-state index in [4.69, 9.17) is 9.26 Å². The lowest BCUT2D eigenvalue weighted by atomic mass is 9.78. The maximum Gasteiger partial charge on any atom is 0.230 e. The molecule has 2 atom stereocenters. The molecular weight excluding hydrogens is 256 g/mol. The number of rotatable bonds is 4. The predicted octanol–water partition coefficient (Wildman–Crippen LogP) is 2.75. The van der Waals surface area contributed by atoms with Gasteiger partial charge in [-0.25, -0.2) is 0 Å². The van der Waals surface area contributed by atoms with Crippen LogP contribution in [0.1, 0.15) is 70.0 Å². The van der Waals surface area contributed by atoms with E-state index in [0.717, 1.165) is 32.1 Å². The van der Waals surface area contributed by atoms with Crippen LogP contribution in [0.5, 0.6) is 0 Å². The number of ether oxygens (including phenoxy) is 1. The quantitative estimate of drug-likeness (QED) is 0.918. The average Bonchev–Trinajstić information content (AvgIpc) is 2.85. The van der Waals surface area contributed by atoms with Crippen molar-refractivity contribution in [2.45, 2.75) is 70.0 Å². The number of nitrogens with zero attached hydrogens (tertiary/aromatic N) is 2. The first-order valence-corrected chi connectivity index (χ1v) is 7.79. The van der Waals surface area contributed by atoms with Crippen molar-refractivity contribution in [3.05, 3.63) is 11.7 Å². The summed E-state index contributed by atoms with van der Waals surface area (Å²) in [6, 6.07) is 0. The summed E-state index contributed by atoms with van der Waals surface area (Å²) in [6.07, 6.45) is 5.59. The highest BCUT2D eigenvalue weighted by Gasteiger charge is 2.43. The molecule has 2 unspecified atom stereocenters. The molecule has 0 spiro atoms. The Bertz CT molecular complexity index is 452. The molecule has 2 aliphatic carbocycles. The first kappa shape index (κ1) is 14.0. The fourth-order valence-electron chi connectivity index (χ4n) is 3.55. The first-order valence-electron chi connectivity index (χ1n) is 7.79. The first-order chi connectivity index (χ1) is 9.63. The zero-order chi connectivity index (χ0) is 14.2. The summed E-state index contributed by atoms with van der Waals surface area (Å²) in [5.41, 5.74) is -0.365. The molecule has 5 heteroatoms. The van der Waals surface area contributed by atoms with Gasteiger partial charge in [-0.2, -0.15) is 4.98 Å². The third kappa shape index (κ3) is 2.49. The fraction of sp³-hybridized carbons (Fsp3) is 0.867. The summed E-state index contributed by atoms with van der Waals surface area (Å²) < 4.78 is 11.5. The molecule has 0 aliphatic heterocycles. The molecule has 0 saturated heterocycles. The lowest BCUT2D eigenvalue weighted by Gasteiger charge is -2.37. The molecule has 1 aromatic heterocycles. The van der Waals surface area contributed by atoms with Gasteiger partial charge >= 0.3 is 0 Å². The molecule has 0 radical (unpaired) electrons. The molecule has 0 aromatic carbocycles. The number of aliphatic hydroxyl groups excluding tert-OH is 1. The minimum Gasteiger partial charge on any atom is -0.393 e. The van der Waals surface area contributed by atoms with Gasteiger partial charge in [0.1, 0.15) is 5.60 Å². The Hall–Kier alpha value is -0.940.